The summed E-state index contributed by atoms with van der Waals surface area (Å²) in [5.41, 5.74) is 5.16. The molecule has 0 amide bonds. The van der Waals surface area contributed by atoms with Gasteiger partial charge in [0.1, 0.15) is 0 Å². The third-order valence-corrected chi connectivity index (χ3v) is 2.46. The Bertz CT molecular complexity index is 460. The van der Waals surface area contributed by atoms with E-state index in [4.69, 9.17) is 17.3 Å². The number of hydrogen-bond donors (Lipinski definition) is 2. The van der Waals surface area contributed by atoms with Crippen molar-refractivity contribution in [1.82, 2.24) is 0 Å². The Morgan fingerprint density at radius 1 is 1.58 bits per heavy atom. The van der Waals surface area contributed by atoms with Crippen molar-refractivity contribution in [2.24, 2.45) is 5.73 Å². The van der Waals surface area contributed by atoms with Crippen LogP contribution in [0.25, 0.3) is 0 Å². The number of benzene rings is 1. The van der Waals surface area contributed by atoms with Crippen LogP contribution in [0.1, 0.15) is 18.5 Å². The van der Waals surface area contributed by atoms with E-state index in [0.717, 1.165) is 12.1 Å². The van der Waals surface area contributed by atoms with Gasteiger partial charge in [0.25, 0.3) is 0 Å². The number of ether oxygens (including phenoxy) is 1. The maximum Gasteiger partial charge on any atom is 0.342 e. The van der Waals surface area contributed by atoms with Crippen LogP contribution in [-0.2, 0) is 9.53 Å². The van der Waals surface area contributed by atoms with E-state index in [0.29, 0.717) is 0 Å². The molecule has 4 nitrogen and oxygen atoms in total. The summed E-state index contributed by atoms with van der Waals surface area (Å²) in [5, 5.41) is 9.36. The number of aromatic hydroxyl groups is 1. The number of hydrogen-bond acceptors (Lipinski definition) is 4. The number of carbonyl (C=O) groups is 1. The smallest absolute Gasteiger partial charge is 0.342 e. The lowest BCUT2D eigenvalue weighted by Gasteiger charge is -2.17. The maximum atomic E-state index is 13.6. The van der Waals surface area contributed by atoms with Gasteiger partial charge in [0.15, 0.2) is 11.6 Å². The van der Waals surface area contributed by atoms with Gasteiger partial charge in [0, 0.05) is 10.6 Å². The minimum atomic E-state index is -2.21. The van der Waals surface area contributed by atoms with E-state index in [9.17, 15) is 18.7 Å². The minimum Gasteiger partial charge on any atom is -0.505 e. The predicted octanol–water partition coefficient (Wildman–Crippen LogP) is 2.51. The largest absolute Gasteiger partial charge is 0.505 e. The molecular weight excluding hydrogens is 303 g/mol. The number of esters is 1. The summed E-state index contributed by atoms with van der Waals surface area (Å²) >= 11 is 5.57. The number of rotatable bonds is 4. The zero-order chi connectivity index (χ0) is 13.9. The van der Waals surface area contributed by atoms with Crippen LogP contribution >= 0.6 is 24.0 Å². The number of phenols is 1. The van der Waals surface area contributed by atoms with Gasteiger partial charge < -0.3 is 15.6 Å². The second kappa shape index (κ2) is 7.47. The van der Waals surface area contributed by atoms with Crippen LogP contribution < -0.4 is 5.73 Å². The van der Waals surface area contributed by atoms with Crippen molar-refractivity contribution >= 4 is 30.0 Å². The number of halogens is 4. The third-order valence-electron chi connectivity index (χ3n) is 2.24. The van der Waals surface area contributed by atoms with Gasteiger partial charge in [-0.3, -0.25) is 0 Å². The molecule has 0 fully saturated rings. The Hall–Kier alpha value is -1.11. The van der Waals surface area contributed by atoms with Gasteiger partial charge >= 0.3 is 5.97 Å². The molecule has 3 N–H and O–H groups in total. The van der Waals surface area contributed by atoms with Crippen LogP contribution in [0.3, 0.4) is 0 Å². The normalized spacial score (nSPS) is 13.3. The van der Waals surface area contributed by atoms with E-state index >= 15 is 0 Å². The first kappa shape index (κ1) is 17.9. The van der Waals surface area contributed by atoms with Crippen LogP contribution in [-0.4, -0.2) is 23.9 Å². The lowest BCUT2D eigenvalue weighted by atomic mass is 10.0. The van der Waals surface area contributed by atoms with Gasteiger partial charge in [-0.25, -0.2) is 13.6 Å². The highest BCUT2D eigenvalue weighted by Gasteiger charge is 2.30. The molecule has 0 aliphatic rings. The zero-order valence-electron chi connectivity index (χ0n) is 9.90. The predicted molar refractivity (Wildman–Crippen MR) is 68.8 cm³/mol. The molecule has 2 atom stereocenters. The fourth-order valence-electron chi connectivity index (χ4n) is 1.37. The Morgan fingerprint density at radius 2 is 2.16 bits per heavy atom. The summed E-state index contributed by atoms with van der Waals surface area (Å²) in [4.78, 5) is 11.2. The van der Waals surface area contributed by atoms with Gasteiger partial charge in [-0.1, -0.05) is 11.6 Å². The average Bonchev–Trinajstić information content (AvgIpc) is 2.32. The van der Waals surface area contributed by atoms with Gasteiger partial charge in [-0.15, -0.1) is 12.4 Å². The molecule has 19 heavy (non-hydrogen) atoms. The van der Waals surface area contributed by atoms with E-state index in [2.05, 4.69) is 4.74 Å². The summed E-state index contributed by atoms with van der Waals surface area (Å²) in [6.45, 7) is 1.49. The molecule has 0 spiro atoms. The highest BCUT2D eigenvalue weighted by Crippen LogP contribution is 2.32. The summed E-state index contributed by atoms with van der Waals surface area (Å²) in [5.74, 6) is -3.05. The SMILES string of the molecule is CCOC(=O)C(F)[C@H](N)c1cc(Cl)cc(F)c1O.Cl. The fourth-order valence-corrected chi connectivity index (χ4v) is 1.58. The second-order valence-corrected chi connectivity index (χ2v) is 3.94. The zero-order valence-corrected chi connectivity index (χ0v) is 11.5. The molecule has 0 aliphatic carbocycles. The Labute approximate surface area is 119 Å². The Balaban J connectivity index is 0.00000324. The molecule has 0 aliphatic heterocycles. The van der Waals surface area contributed by atoms with Crippen molar-refractivity contribution in [2.75, 3.05) is 6.61 Å². The molecule has 0 saturated heterocycles. The van der Waals surface area contributed by atoms with Crippen molar-refractivity contribution in [2.45, 2.75) is 19.1 Å². The second-order valence-electron chi connectivity index (χ2n) is 3.51. The monoisotopic (exact) mass is 315 g/mol. The first-order chi connectivity index (χ1) is 8.38. The van der Waals surface area contributed by atoms with Crippen LogP contribution in [0.2, 0.25) is 5.02 Å². The number of carbonyl (C=O) groups excluding carboxylic acids is 1. The lowest BCUT2D eigenvalue weighted by Crippen LogP contribution is -2.31. The van der Waals surface area contributed by atoms with Crippen molar-refractivity contribution < 1.29 is 23.4 Å². The molecule has 0 bridgehead atoms. The molecule has 1 aromatic carbocycles. The van der Waals surface area contributed by atoms with E-state index in [-0.39, 0.29) is 29.6 Å². The first-order valence-corrected chi connectivity index (χ1v) is 5.50. The van der Waals surface area contributed by atoms with Crippen molar-refractivity contribution in [3.63, 3.8) is 0 Å². The van der Waals surface area contributed by atoms with Crippen LogP contribution in [0, 0.1) is 5.82 Å². The Kier molecular flexibility index (Phi) is 7.04. The number of alkyl halides is 1. The van der Waals surface area contributed by atoms with Gasteiger partial charge in [-0.05, 0) is 19.1 Å². The van der Waals surface area contributed by atoms with Gasteiger partial charge in [0.05, 0.1) is 12.6 Å². The topological polar surface area (TPSA) is 72.5 Å². The standard InChI is InChI=1S/C11H12ClF2NO3.ClH/c1-2-18-11(17)8(14)9(15)6-3-5(12)4-7(13)10(6)16;/h3-4,8-9,16H,2,15H2,1H3;1H/t8?,9-;/m1./s1. The summed E-state index contributed by atoms with van der Waals surface area (Å²) in [6.07, 6.45) is -2.21. The van der Waals surface area contributed by atoms with E-state index in [1.807, 2.05) is 0 Å². The highest BCUT2D eigenvalue weighted by molar-refractivity contribution is 6.30. The minimum absolute atomic E-state index is 0. The van der Waals surface area contributed by atoms with Gasteiger partial charge in [-0.2, -0.15) is 0 Å². The first-order valence-electron chi connectivity index (χ1n) is 5.12. The van der Waals surface area contributed by atoms with Crippen molar-refractivity contribution in [1.29, 1.82) is 0 Å². The van der Waals surface area contributed by atoms with Crippen molar-refractivity contribution in [3.8, 4) is 5.75 Å². The lowest BCUT2D eigenvalue weighted by molar-refractivity contribution is -0.149. The van der Waals surface area contributed by atoms with Crippen molar-refractivity contribution in [3.05, 3.63) is 28.5 Å². The number of phenolic OH excluding ortho intramolecular Hbond substituents is 1. The summed E-state index contributed by atoms with van der Waals surface area (Å²) in [6, 6.07) is 0.387. The summed E-state index contributed by atoms with van der Waals surface area (Å²) < 4.78 is 31.3. The molecule has 1 unspecified atom stereocenters. The molecule has 1 rings (SSSR count). The third kappa shape index (κ3) is 4.19. The molecular formula is C11H13Cl2F2NO3. The Morgan fingerprint density at radius 3 is 2.68 bits per heavy atom. The molecule has 0 saturated carbocycles. The van der Waals surface area contributed by atoms with Crippen LogP contribution in [0.15, 0.2) is 12.1 Å². The van der Waals surface area contributed by atoms with Gasteiger partial charge in [0.2, 0.25) is 6.17 Å². The van der Waals surface area contributed by atoms with E-state index in [1.54, 1.807) is 0 Å². The van der Waals surface area contributed by atoms with E-state index in [1.165, 1.54) is 6.92 Å². The molecule has 108 valence electrons. The molecule has 1 aromatic rings. The average molecular weight is 316 g/mol. The molecule has 0 aromatic heterocycles. The molecule has 8 heteroatoms. The van der Waals surface area contributed by atoms with E-state index < -0.39 is 29.7 Å². The summed E-state index contributed by atoms with van der Waals surface area (Å²) in [7, 11) is 0. The quantitative estimate of drug-likeness (QED) is 0.837. The number of nitrogens with two attached hydrogens (primary N) is 1. The highest BCUT2D eigenvalue weighted by atomic mass is 35.5. The molecule has 0 heterocycles. The van der Waals surface area contributed by atoms with Crippen LogP contribution in [0.5, 0.6) is 5.75 Å². The maximum absolute atomic E-state index is 13.6. The molecule has 0 radical (unpaired) electrons. The fraction of sp³-hybridized carbons (Fsp3) is 0.364. The van der Waals surface area contributed by atoms with Crippen LogP contribution in [0.4, 0.5) is 8.78 Å².